The van der Waals surface area contributed by atoms with Gasteiger partial charge in [0.25, 0.3) is 11.9 Å². The van der Waals surface area contributed by atoms with Crippen LogP contribution in [0.5, 0.6) is 11.7 Å². The molecule has 30 heavy (non-hydrogen) atoms. The lowest BCUT2D eigenvalue weighted by atomic mass is 9.99. The Kier molecular flexibility index (Phi) is 5.37. The van der Waals surface area contributed by atoms with Crippen molar-refractivity contribution in [2.24, 2.45) is 0 Å². The molecule has 8 nitrogen and oxygen atoms in total. The van der Waals surface area contributed by atoms with Crippen molar-refractivity contribution in [3.8, 4) is 22.8 Å². The van der Waals surface area contributed by atoms with Crippen molar-refractivity contribution < 1.29 is 42.1 Å². The first-order valence-corrected chi connectivity index (χ1v) is 8.21. The minimum atomic E-state index is -4.89. The number of nitrogens with one attached hydrogen (secondary N) is 1. The molecule has 0 spiro atoms. The average molecular weight is 423 g/mol. The van der Waals surface area contributed by atoms with E-state index in [-0.39, 0.29) is 16.3 Å². The predicted octanol–water partition coefficient (Wildman–Crippen LogP) is 2.88. The van der Waals surface area contributed by atoms with Gasteiger partial charge in [-0.1, -0.05) is 18.2 Å². The first-order chi connectivity index (χ1) is 14.0. The lowest BCUT2D eigenvalue weighted by Crippen LogP contribution is -2.29. The normalized spacial score (nSPS) is 11.3. The molecular formula is C19H12F3NO7. The van der Waals surface area contributed by atoms with Gasteiger partial charge in [-0.05, 0) is 35.4 Å². The van der Waals surface area contributed by atoms with Gasteiger partial charge in [-0.3, -0.25) is 9.59 Å². The number of halogens is 3. The number of alkyl halides is 3. The van der Waals surface area contributed by atoms with E-state index in [0.29, 0.717) is 5.56 Å². The molecule has 1 amide bonds. The second-order valence-corrected chi connectivity index (χ2v) is 5.98. The lowest BCUT2D eigenvalue weighted by Gasteiger charge is -2.11. The molecule has 0 radical (unpaired) electrons. The molecule has 2 aromatic carbocycles. The molecule has 0 saturated carbocycles. The summed E-state index contributed by atoms with van der Waals surface area (Å²) in [5.41, 5.74) is -0.885. The fraction of sp³-hybridized carbons (Fsp3) is 0.105. The highest BCUT2D eigenvalue weighted by atomic mass is 19.4. The molecule has 156 valence electrons. The van der Waals surface area contributed by atoms with Gasteiger partial charge in [-0.2, -0.15) is 0 Å². The number of carbonyl (C=O) groups is 2. The Morgan fingerprint density at radius 1 is 1.07 bits per heavy atom. The van der Waals surface area contributed by atoms with E-state index in [4.69, 9.17) is 5.11 Å². The topological polar surface area (TPSA) is 126 Å². The summed E-state index contributed by atoms with van der Waals surface area (Å²) in [6, 6.07) is 8.95. The van der Waals surface area contributed by atoms with Gasteiger partial charge in [0.1, 0.15) is 17.9 Å². The van der Waals surface area contributed by atoms with E-state index in [1.54, 1.807) is 0 Å². The van der Waals surface area contributed by atoms with Crippen LogP contribution < -0.4 is 15.7 Å². The number of aliphatic carboxylic acids is 1. The SMILES string of the molecule is O=C(O)CNC(=O)c1c(O)oc(=O)c2ccc(-c3cccc(OC(F)(F)F)c3)cc12. The summed E-state index contributed by atoms with van der Waals surface area (Å²) in [5, 5.41) is 20.5. The number of ether oxygens (including phenoxy) is 1. The van der Waals surface area contributed by atoms with Crippen molar-refractivity contribution in [2.45, 2.75) is 6.36 Å². The number of carboxylic acids is 1. The number of fused-ring (bicyclic) bond motifs is 1. The molecule has 0 bridgehead atoms. The van der Waals surface area contributed by atoms with Gasteiger partial charge in [-0.25, -0.2) is 4.79 Å². The van der Waals surface area contributed by atoms with Gasteiger partial charge in [0.2, 0.25) is 0 Å². The third kappa shape index (κ3) is 4.51. The molecule has 0 saturated heterocycles. The van der Waals surface area contributed by atoms with Crippen molar-refractivity contribution in [3.05, 3.63) is 58.4 Å². The number of hydrogen-bond donors (Lipinski definition) is 3. The summed E-state index contributed by atoms with van der Waals surface area (Å²) >= 11 is 0. The summed E-state index contributed by atoms with van der Waals surface area (Å²) in [4.78, 5) is 35.0. The first kappa shape index (κ1) is 20.7. The summed E-state index contributed by atoms with van der Waals surface area (Å²) in [5.74, 6) is -3.86. The third-order valence-corrected chi connectivity index (χ3v) is 3.94. The summed E-state index contributed by atoms with van der Waals surface area (Å²) in [6.07, 6.45) is -4.89. The number of aromatic hydroxyl groups is 1. The first-order valence-electron chi connectivity index (χ1n) is 8.21. The fourth-order valence-corrected chi connectivity index (χ4v) is 2.75. The van der Waals surface area contributed by atoms with Gasteiger partial charge in [0.05, 0.1) is 5.39 Å². The van der Waals surface area contributed by atoms with Gasteiger partial charge in [-0.15, -0.1) is 13.2 Å². The van der Waals surface area contributed by atoms with Crippen molar-refractivity contribution in [1.29, 1.82) is 0 Å². The fourth-order valence-electron chi connectivity index (χ4n) is 2.75. The number of rotatable bonds is 5. The summed E-state index contributed by atoms with van der Waals surface area (Å²) in [7, 11) is 0. The zero-order valence-electron chi connectivity index (χ0n) is 14.8. The van der Waals surface area contributed by atoms with Crippen LogP contribution in [0, 0.1) is 0 Å². The molecule has 0 aliphatic heterocycles. The second-order valence-electron chi connectivity index (χ2n) is 5.98. The molecular weight excluding hydrogens is 411 g/mol. The average Bonchev–Trinajstić information content (AvgIpc) is 2.64. The zero-order chi connectivity index (χ0) is 22.1. The third-order valence-electron chi connectivity index (χ3n) is 3.94. The van der Waals surface area contributed by atoms with E-state index in [1.807, 2.05) is 5.32 Å². The van der Waals surface area contributed by atoms with Crippen LogP contribution in [-0.2, 0) is 4.79 Å². The number of amides is 1. The van der Waals surface area contributed by atoms with Gasteiger partial charge in [0.15, 0.2) is 0 Å². The van der Waals surface area contributed by atoms with Crippen molar-refractivity contribution in [2.75, 3.05) is 6.54 Å². The smallest absolute Gasteiger partial charge is 0.480 e. The molecule has 0 aliphatic carbocycles. The molecule has 1 aromatic heterocycles. The number of carbonyl (C=O) groups excluding carboxylic acids is 1. The minimum absolute atomic E-state index is 0.0775. The van der Waals surface area contributed by atoms with Crippen LogP contribution in [0.1, 0.15) is 10.4 Å². The van der Waals surface area contributed by atoms with E-state index in [0.717, 1.165) is 12.1 Å². The molecule has 3 N–H and O–H groups in total. The van der Waals surface area contributed by atoms with Crippen LogP contribution in [0.3, 0.4) is 0 Å². The maximum atomic E-state index is 12.5. The van der Waals surface area contributed by atoms with Crippen LogP contribution >= 0.6 is 0 Å². The molecule has 0 unspecified atom stereocenters. The molecule has 0 aliphatic rings. The van der Waals surface area contributed by atoms with Crippen molar-refractivity contribution in [3.63, 3.8) is 0 Å². The van der Waals surface area contributed by atoms with Gasteiger partial charge in [0, 0.05) is 5.39 Å². The Hall–Kier alpha value is -4.02. The largest absolute Gasteiger partial charge is 0.573 e. The zero-order valence-corrected chi connectivity index (χ0v) is 14.8. The van der Waals surface area contributed by atoms with E-state index in [2.05, 4.69) is 9.15 Å². The molecule has 0 atom stereocenters. The van der Waals surface area contributed by atoms with Crippen molar-refractivity contribution in [1.82, 2.24) is 5.32 Å². The van der Waals surface area contributed by atoms with E-state index >= 15 is 0 Å². The minimum Gasteiger partial charge on any atom is -0.480 e. The highest BCUT2D eigenvalue weighted by Crippen LogP contribution is 2.32. The van der Waals surface area contributed by atoms with Crippen LogP contribution in [-0.4, -0.2) is 35.0 Å². The van der Waals surface area contributed by atoms with Crippen LogP contribution in [0.25, 0.3) is 21.9 Å². The monoisotopic (exact) mass is 423 g/mol. The molecule has 0 fully saturated rings. The maximum Gasteiger partial charge on any atom is 0.573 e. The highest BCUT2D eigenvalue weighted by Gasteiger charge is 2.31. The standard InChI is InChI=1S/C19H12F3NO7/c20-19(21,22)30-11-3-1-2-9(6-11)10-4-5-12-13(7-10)15(18(28)29-17(12)27)16(26)23-8-14(24)25/h1-7,28H,8H2,(H,23,26)(H,24,25). The van der Waals surface area contributed by atoms with E-state index in [9.17, 15) is 32.7 Å². The quantitative estimate of drug-likeness (QED) is 0.576. The Morgan fingerprint density at radius 2 is 1.77 bits per heavy atom. The second kappa shape index (κ2) is 7.78. The highest BCUT2D eigenvalue weighted by molar-refractivity contribution is 6.09. The van der Waals surface area contributed by atoms with Crippen LogP contribution in [0.4, 0.5) is 13.2 Å². The molecule has 3 aromatic rings. The van der Waals surface area contributed by atoms with Crippen LogP contribution in [0.2, 0.25) is 0 Å². The maximum absolute atomic E-state index is 12.5. The number of carboxylic acid groups (broad SMARTS) is 1. The van der Waals surface area contributed by atoms with Crippen LogP contribution in [0.15, 0.2) is 51.7 Å². The summed E-state index contributed by atoms with van der Waals surface area (Å²) < 4.78 is 45.9. The Morgan fingerprint density at radius 3 is 2.43 bits per heavy atom. The Bertz CT molecular complexity index is 1200. The lowest BCUT2D eigenvalue weighted by molar-refractivity contribution is -0.274. The summed E-state index contributed by atoms with van der Waals surface area (Å²) in [6.45, 7) is -0.755. The van der Waals surface area contributed by atoms with E-state index < -0.39 is 47.7 Å². The number of benzene rings is 2. The Labute approximate surface area is 165 Å². The van der Waals surface area contributed by atoms with Crippen molar-refractivity contribution >= 4 is 22.6 Å². The molecule has 11 heteroatoms. The van der Waals surface area contributed by atoms with E-state index in [1.165, 1.54) is 30.3 Å². The Balaban J connectivity index is 2.12. The van der Waals surface area contributed by atoms with Gasteiger partial charge < -0.3 is 24.7 Å². The number of hydrogen-bond acceptors (Lipinski definition) is 6. The molecule has 1 heterocycles. The predicted molar refractivity (Wildman–Crippen MR) is 96.2 cm³/mol. The van der Waals surface area contributed by atoms with Gasteiger partial charge >= 0.3 is 18.0 Å². The molecule has 3 rings (SSSR count).